The van der Waals surface area contributed by atoms with Gasteiger partial charge in [0, 0.05) is 29.6 Å². The second kappa shape index (κ2) is 5.19. The molecule has 0 saturated carbocycles. The van der Waals surface area contributed by atoms with Crippen molar-refractivity contribution in [2.24, 2.45) is 7.05 Å². The monoisotopic (exact) mass is 273 g/mol. The Kier molecular flexibility index (Phi) is 3.75. The van der Waals surface area contributed by atoms with Crippen LogP contribution in [0.2, 0.25) is 0 Å². The Bertz CT molecular complexity index is 644. The van der Waals surface area contributed by atoms with Crippen LogP contribution in [0, 0.1) is 27.7 Å². The van der Waals surface area contributed by atoms with Crippen LogP contribution in [-0.2, 0) is 7.05 Å². The molecular weight excluding hydrogens is 250 g/mol. The van der Waals surface area contributed by atoms with Crippen LogP contribution in [0.4, 0.5) is 5.69 Å². The lowest BCUT2D eigenvalue weighted by atomic mass is 10.0. The molecule has 0 amide bonds. The quantitative estimate of drug-likeness (QED) is 0.899. The van der Waals surface area contributed by atoms with Crippen molar-refractivity contribution in [2.75, 3.05) is 5.32 Å². The fourth-order valence-electron chi connectivity index (χ4n) is 2.71. The molecule has 2 aromatic rings. The largest absolute Gasteiger partial charge is 0.507 e. The van der Waals surface area contributed by atoms with Crippen molar-refractivity contribution in [3.63, 3.8) is 0 Å². The molecule has 0 bridgehead atoms. The van der Waals surface area contributed by atoms with Gasteiger partial charge >= 0.3 is 0 Å². The van der Waals surface area contributed by atoms with E-state index in [0.717, 1.165) is 28.2 Å². The molecule has 0 fully saturated rings. The van der Waals surface area contributed by atoms with Crippen molar-refractivity contribution < 1.29 is 5.11 Å². The number of hydrogen-bond acceptors (Lipinski definition) is 3. The number of nitrogens with zero attached hydrogens (tertiary/aromatic N) is 2. The van der Waals surface area contributed by atoms with E-state index in [1.807, 2.05) is 44.6 Å². The van der Waals surface area contributed by atoms with E-state index in [2.05, 4.69) is 24.3 Å². The minimum Gasteiger partial charge on any atom is -0.507 e. The summed E-state index contributed by atoms with van der Waals surface area (Å²) in [5, 5.41) is 18.0. The van der Waals surface area contributed by atoms with Crippen LogP contribution in [0.5, 0.6) is 5.75 Å². The van der Waals surface area contributed by atoms with Gasteiger partial charge in [-0.1, -0.05) is 6.07 Å². The minimum absolute atomic E-state index is 0.143. The van der Waals surface area contributed by atoms with Crippen molar-refractivity contribution in [3.8, 4) is 5.75 Å². The van der Waals surface area contributed by atoms with Gasteiger partial charge in [0.15, 0.2) is 0 Å². The van der Waals surface area contributed by atoms with Gasteiger partial charge in [0.05, 0.1) is 11.7 Å². The summed E-state index contributed by atoms with van der Waals surface area (Å²) in [6, 6.07) is 4.09. The van der Waals surface area contributed by atoms with Crippen LogP contribution in [-0.4, -0.2) is 14.9 Å². The molecule has 2 rings (SSSR count). The molecular formula is C16H23N3O. The molecule has 0 aliphatic rings. The zero-order valence-corrected chi connectivity index (χ0v) is 13.1. The third kappa shape index (κ3) is 2.38. The molecule has 0 spiro atoms. The summed E-state index contributed by atoms with van der Waals surface area (Å²) in [6.07, 6.45) is 0. The van der Waals surface area contributed by atoms with E-state index in [9.17, 15) is 5.11 Å². The molecule has 4 heteroatoms. The van der Waals surface area contributed by atoms with Gasteiger partial charge in [0.1, 0.15) is 5.75 Å². The Labute approximate surface area is 120 Å². The first-order valence-electron chi connectivity index (χ1n) is 6.88. The van der Waals surface area contributed by atoms with Crippen LogP contribution in [0.1, 0.15) is 41.0 Å². The number of aromatic hydroxyl groups is 1. The average Bonchev–Trinajstić information content (AvgIpc) is 2.64. The van der Waals surface area contributed by atoms with Gasteiger partial charge in [-0.3, -0.25) is 4.68 Å². The van der Waals surface area contributed by atoms with Gasteiger partial charge in [-0.15, -0.1) is 0 Å². The molecule has 1 aromatic carbocycles. The summed E-state index contributed by atoms with van der Waals surface area (Å²) in [5.74, 6) is 0.363. The third-order valence-electron chi connectivity index (χ3n) is 4.00. The van der Waals surface area contributed by atoms with Gasteiger partial charge in [-0.25, -0.2) is 0 Å². The number of aromatic nitrogens is 2. The van der Waals surface area contributed by atoms with Crippen molar-refractivity contribution in [1.82, 2.24) is 9.78 Å². The molecule has 20 heavy (non-hydrogen) atoms. The molecule has 108 valence electrons. The highest BCUT2D eigenvalue weighted by Crippen LogP contribution is 2.31. The average molecular weight is 273 g/mol. The Morgan fingerprint density at radius 3 is 2.40 bits per heavy atom. The van der Waals surface area contributed by atoms with Crippen LogP contribution < -0.4 is 5.32 Å². The Morgan fingerprint density at radius 2 is 1.85 bits per heavy atom. The number of anilines is 1. The second-order valence-corrected chi connectivity index (χ2v) is 5.48. The fraction of sp³-hybridized carbons (Fsp3) is 0.438. The third-order valence-corrected chi connectivity index (χ3v) is 4.00. The van der Waals surface area contributed by atoms with Gasteiger partial charge in [0.25, 0.3) is 0 Å². The van der Waals surface area contributed by atoms with E-state index in [-0.39, 0.29) is 6.04 Å². The summed E-state index contributed by atoms with van der Waals surface area (Å²) < 4.78 is 1.91. The number of benzene rings is 1. The number of aryl methyl sites for hydroxylation is 3. The molecule has 2 N–H and O–H groups in total. The van der Waals surface area contributed by atoms with Gasteiger partial charge in [-0.05, 0) is 46.2 Å². The molecule has 0 radical (unpaired) electrons. The highest BCUT2D eigenvalue weighted by Gasteiger charge is 2.17. The predicted molar refractivity (Wildman–Crippen MR) is 82.3 cm³/mol. The lowest BCUT2D eigenvalue weighted by Gasteiger charge is -2.19. The van der Waals surface area contributed by atoms with Crippen molar-refractivity contribution in [1.29, 1.82) is 0 Å². The Hall–Kier alpha value is -1.97. The van der Waals surface area contributed by atoms with E-state index in [1.165, 1.54) is 5.56 Å². The smallest absolute Gasteiger partial charge is 0.123 e. The van der Waals surface area contributed by atoms with Crippen LogP contribution >= 0.6 is 0 Å². The lowest BCUT2D eigenvalue weighted by molar-refractivity contribution is 0.467. The molecule has 1 heterocycles. The van der Waals surface area contributed by atoms with Crippen LogP contribution in [0.3, 0.4) is 0 Å². The summed E-state index contributed by atoms with van der Waals surface area (Å²) in [6.45, 7) is 10.1. The summed E-state index contributed by atoms with van der Waals surface area (Å²) in [7, 11) is 1.96. The fourth-order valence-corrected chi connectivity index (χ4v) is 2.71. The molecule has 0 aliphatic carbocycles. The molecule has 0 aliphatic heterocycles. The van der Waals surface area contributed by atoms with Gasteiger partial charge in [0.2, 0.25) is 0 Å². The maximum atomic E-state index is 10.0. The van der Waals surface area contributed by atoms with Crippen LogP contribution in [0.15, 0.2) is 12.1 Å². The normalized spacial score (nSPS) is 12.5. The molecule has 4 nitrogen and oxygen atoms in total. The molecule has 1 unspecified atom stereocenters. The number of nitrogens with one attached hydrogen (secondary N) is 1. The topological polar surface area (TPSA) is 50.1 Å². The van der Waals surface area contributed by atoms with E-state index >= 15 is 0 Å². The first-order chi connectivity index (χ1) is 9.32. The van der Waals surface area contributed by atoms with E-state index < -0.39 is 0 Å². The second-order valence-electron chi connectivity index (χ2n) is 5.48. The number of hydrogen-bond donors (Lipinski definition) is 2. The van der Waals surface area contributed by atoms with Crippen molar-refractivity contribution in [2.45, 2.75) is 40.7 Å². The maximum Gasteiger partial charge on any atom is 0.123 e. The molecule has 1 atom stereocenters. The van der Waals surface area contributed by atoms with Gasteiger partial charge < -0.3 is 10.4 Å². The van der Waals surface area contributed by atoms with E-state index in [4.69, 9.17) is 0 Å². The molecule has 0 saturated heterocycles. The highest BCUT2D eigenvalue weighted by molar-refractivity contribution is 5.60. The minimum atomic E-state index is 0.143. The van der Waals surface area contributed by atoms with E-state index in [0.29, 0.717) is 5.75 Å². The molecule has 1 aromatic heterocycles. The van der Waals surface area contributed by atoms with Gasteiger partial charge in [-0.2, -0.15) is 5.10 Å². The Balaban J connectivity index is 2.33. The van der Waals surface area contributed by atoms with E-state index in [1.54, 1.807) is 0 Å². The van der Waals surface area contributed by atoms with Crippen LogP contribution in [0.25, 0.3) is 0 Å². The first-order valence-corrected chi connectivity index (χ1v) is 6.88. The number of phenols is 1. The number of phenolic OH excluding ortho intramolecular Hbond substituents is 1. The zero-order valence-electron chi connectivity index (χ0n) is 13.1. The summed E-state index contributed by atoms with van der Waals surface area (Å²) in [4.78, 5) is 0. The van der Waals surface area contributed by atoms with Crippen molar-refractivity contribution >= 4 is 5.69 Å². The summed E-state index contributed by atoms with van der Waals surface area (Å²) in [5.41, 5.74) is 6.16. The number of rotatable bonds is 3. The van der Waals surface area contributed by atoms with Crippen molar-refractivity contribution in [3.05, 3.63) is 40.2 Å². The maximum absolute atomic E-state index is 10.0. The standard InChI is InChI=1S/C16H23N3O/c1-9-7-8-14(10(2)16(9)20)17-11(3)15-12(4)18-19(6)13(15)5/h7-8,11,17,20H,1-6H3. The highest BCUT2D eigenvalue weighted by atomic mass is 16.3. The zero-order chi connectivity index (χ0) is 15.0. The first kappa shape index (κ1) is 14.4. The predicted octanol–water partition coefficient (Wildman–Crippen LogP) is 3.53. The Morgan fingerprint density at radius 1 is 1.20 bits per heavy atom. The lowest BCUT2D eigenvalue weighted by Crippen LogP contribution is -2.10. The SMILES string of the molecule is Cc1ccc(NC(C)c2c(C)nn(C)c2C)c(C)c1O. The summed E-state index contributed by atoms with van der Waals surface area (Å²) >= 11 is 0.